The molecule has 0 saturated carbocycles. The van der Waals surface area contributed by atoms with Crippen molar-refractivity contribution in [1.29, 1.82) is 0 Å². The zero-order valence-electron chi connectivity index (χ0n) is 20.9. The molecule has 2 heterocycles. The lowest BCUT2D eigenvalue weighted by Gasteiger charge is -2.49. The van der Waals surface area contributed by atoms with Gasteiger partial charge in [0.1, 0.15) is 29.9 Å². The monoisotopic (exact) mass is 584 g/mol. The van der Waals surface area contributed by atoms with Crippen molar-refractivity contribution in [2.45, 2.75) is 61.6 Å². The van der Waals surface area contributed by atoms with Crippen LogP contribution in [0.5, 0.6) is 0 Å². The molecular formula is C30H33BrO5S. The summed E-state index contributed by atoms with van der Waals surface area (Å²) in [5.74, 6) is 0.904. The number of rotatable bonds is 10. The van der Waals surface area contributed by atoms with Gasteiger partial charge < -0.3 is 23.7 Å². The molecule has 2 aliphatic rings. The molecule has 0 N–H and O–H groups in total. The first-order valence-corrected chi connectivity index (χ1v) is 14.9. The maximum Gasteiger partial charge on any atom is 0.184 e. The van der Waals surface area contributed by atoms with Gasteiger partial charge in [-0.05, 0) is 22.4 Å². The molecule has 0 bridgehead atoms. The van der Waals surface area contributed by atoms with Gasteiger partial charge in [-0.3, -0.25) is 0 Å². The number of ether oxygens (including phenoxy) is 5. The minimum Gasteiger partial charge on any atom is -0.368 e. The molecule has 5 nitrogen and oxygen atoms in total. The molecule has 196 valence electrons. The molecule has 3 aromatic rings. The van der Waals surface area contributed by atoms with E-state index < -0.39 is 6.29 Å². The fourth-order valence-electron chi connectivity index (χ4n) is 4.75. The number of fused-ring (bicyclic) bond motifs is 1. The van der Waals surface area contributed by atoms with Crippen LogP contribution in [0.2, 0.25) is 0 Å². The number of benzene rings is 3. The standard InChI is InChI=1S/C30H33BrO5S/c1-2-37-30-28(33-18-21-10-5-3-6-11-21)27(32-19-23-13-9-12-22(16-23)17-31)26-25(35-30)20-34-29(36-26)24-14-7-4-8-15-24/h3-16,25-30H,2,17-20H2,1H3/t25-,26-,27+,28-,29-,30+/m1/s1. The second-order valence-corrected chi connectivity index (χ2v) is 11.1. The quantitative estimate of drug-likeness (QED) is 0.249. The lowest BCUT2D eigenvalue weighted by molar-refractivity contribution is -0.329. The molecule has 2 fully saturated rings. The van der Waals surface area contributed by atoms with Gasteiger partial charge in [-0.15, -0.1) is 11.8 Å². The summed E-state index contributed by atoms with van der Waals surface area (Å²) in [7, 11) is 0. The third-order valence-electron chi connectivity index (χ3n) is 6.56. The van der Waals surface area contributed by atoms with Crippen molar-refractivity contribution in [3.63, 3.8) is 0 Å². The Morgan fingerprint density at radius 2 is 1.49 bits per heavy atom. The fourth-order valence-corrected chi connectivity index (χ4v) is 6.07. The second-order valence-electron chi connectivity index (χ2n) is 9.17. The van der Waals surface area contributed by atoms with Crippen LogP contribution >= 0.6 is 27.7 Å². The van der Waals surface area contributed by atoms with E-state index in [0.29, 0.717) is 19.8 Å². The summed E-state index contributed by atoms with van der Waals surface area (Å²) in [4.78, 5) is 0. The van der Waals surface area contributed by atoms with E-state index in [4.69, 9.17) is 23.7 Å². The van der Waals surface area contributed by atoms with Gasteiger partial charge in [0.05, 0.1) is 19.8 Å². The SMILES string of the molecule is CCS[C@@H]1O[C@@H]2CO[C@@H](c3ccccc3)O[C@H]2[C@H](OCc2cccc(CBr)c2)[C@H]1OCc1ccccc1. The van der Waals surface area contributed by atoms with Crippen molar-refractivity contribution in [3.05, 3.63) is 107 Å². The van der Waals surface area contributed by atoms with Crippen LogP contribution in [0.3, 0.4) is 0 Å². The van der Waals surface area contributed by atoms with Crippen molar-refractivity contribution < 1.29 is 23.7 Å². The van der Waals surface area contributed by atoms with Gasteiger partial charge in [-0.25, -0.2) is 0 Å². The Bertz CT molecular complexity index is 1100. The molecule has 7 heteroatoms. The minimum atomic E-state index is -0.473. The maximum atomic E-state index is 6.69. The Hall–Kier alpha value is -1.71. The minimum absolute atomic E-state index is 0.186. The van der Waals surface area contributed by atoms with Crippen LogP contribution in [0.25, 0.3) is 0 Å². The normalized spacial score (nSPS) is 27.5. The molecule has 6 atom stereocenters. The molecule has 0 spiro atoms. The summed E-state index contributed by atoms with van der Waals surface area (Å²) in [5.41, 5.74) is 4.25. The Morgan fingerprint density at radius 1 is 0.811 bits per heavy atom. The number of hydrogen-bond acceptors (Lipinski definition) is 6. The molecular weight excluding hydrogens is 552 g/mol. The van der Waals surface area contributed by atoms with Crippen LogP contribution in [-0.4, -0.2) is 42.2 Å². The molecule has 0 radical (unpaired) electrons. The Morgan fingerprint density at radius 3 is 2.24 bits per heavy atom. The number of thioether (sulfide) groups is 1. The molecule has 0 unspecified atom stereocenters. The van der Waals surface area contributed by atoms with Crippen molar-refractivity contribution >= 4 is 27.7 Å². The highest BCUT2D eigenvalue weighted by Gasteiger charge is 2.51. The number of alkyl halides is 1. The summed E-state index contributed by atoms with van der Waals surface area (Å²) in [5, 5.41) is 0.806. The first-order chi connectivity index (χ1) is 18.2. The summed E-state index contributed by atoms with van der Waals surface area (Å²) in [6.07, 6.45) is -1.67. The average Bonchev–Trinajstić information content (AvgIpc) is 2.96. The van der Waals surface area contributed by atoms with E-state index in [-0.39, 0.29) is 29.9 Å². The predicted octanol–water partition coefficient (Wildman–Crippen LogP) is 6.64. The Kier molecular flexibility index (Phi) is 9.72. The fraction of sp³-hybridized carbons (Fsp3) is 0.400. The molecule has 2 aliphatic heterocycles. The van der Waals surface area contributed by atoms with Gasteiger partial charge in [0.25, 0.3) is 0 Å². The summed E-state index contributed by atoms with van der Waals surface area (Å²) >= 11 is 5.29. The van der Waals surface area contributed by atoms with Gasteiger partial charge in [0.15, 0.2) is 6.29 Å². The molecule has 2 saturated heterocycles. The van der Waals surface area contributed by atoms with Crippen molar-refractivity contribution in [2.24, 2.45) is 0 Å². The van der Waals surface area contributed by atoms with Crippen LogP contribution in [0.4, 0.5) is 0 Å². The number of hydrogen-bond donors (Lipinski definition) is 0. The van der Waals surface area contributed by atoms with E-state index in [0.717, 1.165) is 27.8 Å². The smallest absolute Gasteiger partial charge is 0.184 e. The Balaban J connectivity index is 1.40. The molecule has 3 aromatic carbocycles. The molecule has 0 amide bonds. The summed E-state index contributed by atoms with van der Waals surface area (Å²) < 4.78 is 32.5. The first kappa shape index (κ1) is 26.9. The number of halogens is 1. The third-order valence-corrected chi connectivity index (χ3v) is 8.25. The molecule has 0 aliphatic carbocycles. The van der Waals surface area contributed by atoms with Gasteiger partial charge in [0, 0.05) is 10.9 Å². The van der Waals surface area contributed by atoms with E-state index in [2.05, 4.69) is 59.3 Å². The van der Waals surface area contributed by atoms with Crippen molar-refractivity contribution in [2.75, 3.05) is 12.4 Å². The lowest BCUT2D eigenvalue weighted by Crippen LogP contribution is -2.62. The molecule has 37 heavy (non-hydrogen) atoms. The Labute approximate surface area is 231 Å². The highest BCUT2D eigenvalue weighted by molar-refractivity contribution is 9.08. The lowest BCUT2D eigenvalue weighted by atomic mass is 9.98. The maximum absolute atomic E-state index is 6.69. The van der Waals surface area contributed by atoms with Crippen LogP contribution in [0.15, 0.2) is 84.9 Å². The zero-order chi connectivity index (χ0) is 25.5. The van der Waals surface area contributed by atoms with Gasteiger partial charge in [0.2, 0.25) is 0 Å². The zero-order valence-corrected chi connectivity index (χ0v) is 23.3. The second kappa shape index (κ2) is 13.4. The van der Waals surface area contributed by atoms with E-state index in [1.165, 1.54) is 5.56 Å². The van der Waals surface area contributed by atoms with Gasteiger partial charge in [-0.2, -0.15) is 0 Å². The van der Waals surface area contributed by atoms with Gasteiger partial charge >= 0.3 is 0 Å². The summed E-state index contributed by atoms with van der Waals surface area (Å²) in [6.45, 7) is 3.51. The summed E-state index contributed by atoms with van der Waals surface area (Å²) in [6, 6.07) is 28.7. The predicted molar refractivity (Wildman–Crippen MR) is 149 cm³/mol. The first-order valence-electron chi connectivity index (χ1n) is 12.7. The van der Waals surface area contributed by atoms with E-state index in [1.54, 1.807) is 11.8 Å². The molecule has 5 rings (SSSR count). The topological polar surface area (TPSA) is 46.2 Å². The van der Waals surface area contributed by atoms with E-state index in [1.807, 2.05) is 48.5 Å². The van der Waals surface area contributed by atoms with Crippen molar-refractivity contribution in [1.82, 2.24) is 0 Å². The van der Waals surface area contributed by atoms with Gasteiger partial charge in [-0.1, -0.05) is 108 Å². The highest BCUT2D eigenvalue weighted by Crippen LogP contribution is 2.39. The van der Waals surface area contributed by atoms with Crippen LogP contribution in [0, 0.1) is 0 Å². The van der Waals surface area contributed by atoms with E-state index >= 15 is 0 Å². The van der Waals surface area contributed by atoms with Crippen LogP contribution in [0.1, 0.15) is 35.5 Å². The molecule has 0 aromatic heterocycles. The average molecular weight is 586 g/mol. The largest absolute Gasteiger partial charge is 0.368 e. The van der Waals surface area contributed by atoms with Crippen LogP contribution < -0.4 is 0 Å². The highest BCUT2D eigenvalue weighted by atomic mass is 79.9. The van der Waals surface area contributed by atoms with Crippen LogP contribution in [-0.2, 0) is 42.2 Å². The van der Waals surface area contributed by atoms with E-state index in [9.17, 15) is 0 Å². The third kappa shape index (κ3) is 6.84. The van der Waals surface area contributed by atoms with Crippen molar-refractivity contribution in [3.8, 4) is 0 Å².